The summed E-state index contributed by atoms with van der Waals surface area (Å²) in [5.74, 6) is 0.240. The second-order valence-corrected chi connectivity index (χ2v) is 7.07. The van der Waals surface area contributed by atoms with Gasteiger partial charge in [-0.3, -0.25) is 9.59 Å². The first-order chi connectivity index (χ1) is 12.5. The van der Waals surface area contributed by atoms with Gasteiger partial charge in [-0.15, -0.1) is 0 Å². The summed E-state index contributed by atoms with van der Waals surface area (Å²) in [6, 6.07) is 15.2. The molecule has 0 saturated heterocycles. The van der Waals surface area contributed by atoms with Crippen LogP contribution in [-0.4, -0.2) is 24.4 Å². The molecular weight excluding hydrogens is 326 g/mol. The maximum atomic E-state index is 12.4. The number of nitrogens with one attached hydrogen (secondary N) is 3. The maximum absolute atomic E-state index is 12.4. The van der Waals surface area contributed by atoms with Gasteiger partial charge in [-0.1, -0.05) is 44.2 Å². The molecule has 5 nitrogen and oxygen atoms in total. The molecule has 5 heteroatoms. The van der Waals surface area contributed by atoms with Crippen molar-refractivity contribution >= 4 is 23.2 Å². The van der Waals surface area contributed by atoms with E-state index in [1.165, 1.54) is 5.56 Å². The van der Waals surface area contributed by atoms with Crippen molar-refractivity contribution in [1.82, 2.24) is 5.32 Å². The Morgan fingerprint density at radius 2 is 1.88 bits per heavy atom. The SMILES string of the molecule is CC(C)CC1Nc2ccc(C(=O)NCCc3ccccc3)cc2NC1=O. The van der Waals surface area contributed by atoms with Gasteiger partial charge >= 0.3 is 0 Å². The normalized spacial score (nSPS) is 15.8. The molecule has 0 aliphatic carbocycles. The average Bonchev–Trinajstić information content (AvgIpc) is 2.62. The second kappa shape index (κ2) is 8.04. The summed E-state index contributed by atoms with van der Waals surface area (Å²) >= 11 is 0. The molecule has 3 N–H and O–H groups in total. The average molecular weight is 351 g/mol. The fraction of sp³-hybridized carbons (Fsp3) is 0.333. The Kier molecular flexibility index (Phi) is 5.56. The van der Waals surface area contributed by atoms with Gasteiger partial charge in [-0.2, -0.15) is 0 Å². The van der Waals surface area contributed by atoms with Gasteiger partial charge < -0.3 is 16.0 Å². The van der Waals surface area contributed by atoms with Crippen LogP contribution in [0.4, 0.5) is 11.4 Å². The number of benzene rings is 2. The van der Waals surface area contributed by atoms with Crippen LogP contribution in [-0.2, 0) is 11.2 Å². The molecule has 0 radical (unpaired) electrons. The maximum Gasteiger partial charge on any atom is 0.251 e. The smallest absolute Gasteiger partial charge is 0.251 e. The lowest BCUT2D eigenvalue weighted by molar-refractivity contribution is -0.117. The molecule has 1 aliphatic rings. The molecule has 3 rings (SSSR count). The van der Waals surface area contributed by atoms with Crippen LogP contribution in [0.15, 0.2) is 48.5 Å². The Morgan fingerprint density at radius 1 is 1.12 bits per heavy atom. The second-order valence-electron chi connectivity index (χ2n) is 7.07. The molecule has 1 heterocycles. The third-order valence-electron chi connectivity index (χ3n) is 4.44. The number of hydrogen-bond donors (Lipinski definition) is 3. The highest BCUT2D eigenvalue weighted by Crippen LogP contribution is 2.29. The molecule has 2 aromatic rings. The monoisotopic (exact) mass is 351 g/mol. The van der Waals surface area contributed by atoms with Crippen LogP contribution in [0.5, 0.6) is 0 Å². The number of anilines is 2. The van der Waals surface area contributed by atoms with Gasteiger partial charge in [-0.05, 0) is 42.5 Å². The van der Waals surface area contributed by atoms with E-state index in [4.69, 9.17) is 0 Å². The van der Waals surface area contributed by atoms with Crippen LogP contribution >= 0.6 is 0 Å². The van der Waals surface area contributed by atoms with Gasteiger partial charge in [0, 0.05) is 12.1 Å². The Labute approximate surface area is 154 Å². The minimum atomic E-state index is -0.229. The van der Waals surface area contributed by atoms with Crippen molar-refractivity contribution < 1.29 is 9.59 Å². The van der Waals surface area contributed by atoms with Gasteiger partial charge in [0.1, 0.15) is 6.04 Å². The minimum Gasteiger partial charge on any atom is -0.372 e. The first kappa shape index (κ1) is 18.0. The molecule has 0 spiro atoms. The van der Waals surface area contributed by atoms with Gasteiger partial charge in [0.05, 0.1) is 11.4 Å². The number of carbonyl (C=O) groups is 2. The summed E-state index contributed by atoms with van der Waals surface area (Å²) in [5, 5.41) is 9.10. The molecule has 1 atom stereocenters. The Morgan fingerprint density at radius 3 is 2.62 bits per heavy atom. The molecule has 0 fully saturated rings. The molecule has 0 aromatic heterocycles. The highest BCUT2D eigenvalue weighted by molar-refractivity contribution is 6.05. The predicted molar refractivity (Wildman–Crippen MR) is 104 cm³/mol. The number of carbonyl (C=O) groups excluding carboxylic acids is 2. The zero-order valence-electron chi connectivity index (χ0n) is 15.2. The quantitative estimate of drug-likeness (QED) is 0.747. The van der Waals surface area contributed by atoms with Crippen LogP contribution < -0.4 is 16.0 Å². The van der Waals surface area contributed by atoms with Crippen LogP contribution in [0.2, 0.25) is 0 Å². The van der Waals surface area contributed by atoms with Crippen LogP contribution in [0, 0.1) is 5.92 Å². The molecular formula is C21H25N3O2. The lowest BCUT2D eigenvalue weighted by Crippen LogP contribution is -2.39. The molecule has 2 amide bonds. The third kappa shape index (κ3) is 4.42. The molecule has 2 aromatic carbocycles. The third-order valence-corrected chi connectivity index (χ3v) is 4.44. The van der Waals surface area contributed by atoms with Crippen molar-refractivity contribution in [3.63, 3.8) is 0 Å². The predicted octanol–water partition coefficient (Wildman–Crippen LogP) is 3.44. The number of hydrogen-bond acceptors (Lipinski definition) is 3. The van der Waals surface area contributed by atoms with Gasteiger partial charge in [-0.25, -0.2) is 0 Å². The first-order valence-corrected chi connectivity index (χ1v) is 9.06. The summed E-state index contributed by atoms with van der Waals surface area (Å²) in [6.07, 6.45) is 1.56. The van der Waals surface area contributed by atoms with E-state index >= 15 is 0 Å². The molecule has 26 heavy (non-hydrogen) atoms. The molecule has 0 saturated carbocycles. The molecule has 1 aliphatic heterocycles. The van der Waals surface area contributed by atoms with Crippen molar-refractivity contribution in [2.45, 2.75) is 32.7 Å². The lowest BCUT2D eigenvalue weighted by Gasteiger charge is -2.28. The zero-order chi connectivity index (χ0) is 18.5. The highest BCUT2D eigenvalue weighted by atomic mass is 16.2. The zero-order valence-corrected chi connectivity index (χ0v) is 15.2. The summed E-state index contributed by atoms with van der Waals surface area (Å²) in [4.78, 5) is 24.6. The van der Waals surface area contributed by atoms with E-state index in [0.29, 0.717) is 23.7 Å². The number of amides is 2. The Hall–Kier alpha value is -2.82. The standard InChI is InChI=1S/C21H25N3O2/c1-14(2)12-19-21(26)24-18-13-16(8-9-17(18)23-19)20(25)22-11-10-15-6-4-3-5-7-15/h3-9,13-14,19,23H,10-12H2,1-2H3,(H,22,25)(H,24,26). The van der Waals surface area contributed by atoms with Gasteiger partial charge in [0.2, 0.25) is 5.91 Å². The summed E-state index contributed by atoms with van der Waals surface area (Å²) in [5.41, 5.74) is 3.24. The molecule has 0 bridgehead atoms. The van der Waals surface area contributed by atoms with E-state index in [1.54, 1.807) is 12.1 Å². The summed E-state index contributed by atoms with van der Waals surface area (Å²) < 4.78 is 0. The Balaban J connectivity index is 1.61. The van der Waals surface area contributed by atoms with Crippen molar-refractivity contribution in [2.24, 2.45) is 5.92 Å². The first-order valence-electron chi connectivity index (χ1n) is 9.06. The topological polar surface area (TPSA) is 70.2 Å². The fourth-order valence-corrected chi connectivity index (χ4v) is 3.09. The van der Waals surface area contributed by atoms with E-state index in [-0.39, 0.29) is 17.9 Å². The summed E-state index contributed by atoms with van der Waals surface area (Å²) in [7, 11) is 0. The van der Waals surface area contributed by atoms with E-state index in [9.17, 15) is 9.59 Å². The highest BCUT2D eigenvalue weighted by Gasteiger charge is 2.26. The number of rotatable bonds is 6. The fourth-order valence-electron chi connectivity index (χ4n) is 3.09. The van der Waals surface area contributed by atoms with Crippen LogP contribution in [0.1, 0.15) is 36.2 Å². The van der Waals surface area contributed by atoms with Crippen LogP contribution in [0.25, 0.3) is 0 Å². The summed E-state index contributed by atoms with van der Waals surface area (Å²) in [6.45, 7) is 4.75. The lowest BCUT2D eigenvalue weighted by atomic mass is 10.00. The minimum absolute atomic E-state index is 0.0483. The van der Waals surface area contributed by atoms with Gasteiger partial charge in [0.15, 0.2) is 0 Å². The molecule has 136 valence electrons. The van der Waals surface area contributed by atoms with Crippen LogP contribution in [0.3, 0.4) is 0 Å². The van der Waals surface area contributed by atoms with Crippen molar-refractivity contribution in [3.05, 3.63) is 59.7 Å². The largest absolute Gasteiger partial charge is 0.372 e. The van der Waals surface area contributed by atoms with Gasteiger partial charge in [0.25, 0.3) is 5.91 Å². The molecule has 1 unspecified atom stereocenters. The van der Waals surface area contributed by atoms with E-state index < -0.39 is 0 Å². The van der Waals surface area contributed by atoms with E-state index in [0.717, 1.165) is 18.5 Å². The van der Waals surface area contributed by atoms with Crippen molar-refractivity contribution in [3.8, 4) is 0 Å². The van der Waals surface area contributed by atoms with E-state index in [2.05, 4.69) is 29.8 Å². The van der Waals surface area contributed by atoms with E-state index in [1.807, 2.05) is 36.4 Å². The number of fused-ring (bicyclic) bond motifs is 1. The Bertz CT molecular complexity index is 787. The van der Waals surface area contributed by atoms with Crippen molar-refractivity contribution in [2.75, 3.05) is 17.2 Å². The van der Waals surface area contributed by atoms with Crippen molar-refractivity contribution in [1.29, 1.82) is 0 Å².